The number of rotatable bonds is 5. The molecule has 3 saturated heterocycles. The number of likely N-dealkylation sites (tertiary alicyclic amines) is 1. The lowest BCUT2D eigenvalue weighted by atomic mass is 9.94. The van der Waals surface area contributed by atoms with Crippen molar-refractivity contribution in [3.8, 4) is 0 Å². The van der Waals surface area contributed by atoms with Crippen molar-refractivity contribution >= 4 is 17.8 Å². The summed E-state index contributed by atoms with van der Waals surface area (Å²) in [7, 11) is 0. The van der Waals surface area contributed by atoms with Crippen molar-refractivity contribution in [2.75, 3.05) is 52.4 Å². The second-order valence-electron chi connectivity index (χ2n) is 7.89. The number of nitrogens with one attached hydrogen (secondary N) is 1. The summed E-state index contributed by atoms with van der Waals surface area (Å²) in [5.74, 6) is -0.826. The van der Waals surface area contributed by atoms with E-state index in [2.05, 4.69) is 10.2 Å². The van der Waals surface area contributed by atoms with E-state index in [4.69, 9.17) is 5.11 Å². The minimum absolute atomic E-state index is 0.000968. The molecule has 0 aromatic rings. The number of piperidine rings is 2. The Hall–Kier alpha value is -1.67. The number of aliphatic carboxylic acids is 1. The van der Waals surface area contributed by atoms with Crippen LogP contribution in [-0.2, 0) is 14.4 Å². The van der Waals surface area contributed by atoms with Crippen molar-refractivity contribution in [1.29, 1.82) is 0 Å². The highest BCUT2D eigenvalue weighted by Crippen LogP contribution is 2.22. The van der Waals surface area contributed by atoms with Crippen LogP contribution in [0.2, 0.25) is 0 Å². The Kier molecular flexibility index (Phi) is 7.07. The van der Waals surface area contributed by atoms with E-state index in [1.54, 1.807) is 4.90 Å². The molecular formula is C19H32N4O4. The zero-order valence-corrected chi connectivity index (χ0v) is 16.1. The van der Waals surface area contributed by atoms with E-state index in [1.807, 2.05) is 4.90 Å². The minimum atomic E-state index is -0.947. The van der Waals surface area contributed by atoms with Gasteiger partial charge in [-0.1, -0.05) is 0 Å². The van der Waals surface area contributed by atoms with Crippen molar-refractivity contribution in [3.63, 3.8) is 0 Å². The van der Waals surface area contributed by atoms with Gasteiger partial charge in [0.1, 0.15) is 0 Å². The quantitative estimate of drug-likeness (QED) is 0.697. The van der Waals surface area contributed by atoms with E-state index in [-0.39, 0.29) is 30.6 Å². The Morgan fingerprint density at radius 1 is 0.815 bits per heavy atom. The van der Waals surface area contributed by atoms with E-state index >= 15 is 0 Å². The zero-order chi connectivity index (χ0) is 19.2. The molecule has 152 valence electrons. The average Bonchev–Trinajstić information content (AvgIpc) is 2.72. The molecule has 0 saturated carbocycles. The van der Waals surface area contributed by atoms with Gasteiger partial charge in [0.05, 0.1) is 6.42 Å². The summed E-state index contributed by atoms with van der Waals surface area (Å²) in [6.07, 6.45) is 3.69. The highest BCUT2D eigenvalue weighted by Gasteiger charge is 2.33. The molecule has 8 heteroatoms. The molecule has 0 aromatic carbocycles. The number of carbonyl (C=O) groups excluding carboxylic acids is 2. The first-order valence-corrected chi connectivity index (χ1v) is 10.3. The molecule has 3 aliphatic heterocycles. The molecule has 3 heterocycles. The maximum atomic E-state index is 12.8. The van der Waals surface area contributed by atoms with Crippen LogP contribution in [-0.4, -0.2) is 96.0 Å². The SMILES string of the molecule is O=C(O)CCC(=O)N1CCC(C(=O)N2CCN(C3CCNCC3)CC2)CC1. The van der Waals surface area contributed by atoms with Gasteiger partial charge in [-0.05, 0) is 38.8 Å². The normalized spacial score (nSPS) is 23.4. The molecule has 0 aliphatic carbocycles. The Balaban J connectivity index is 1.39. The Morgan fingerprint density at radius 3 is 2.04 bits per heavy atom. The Bertz CT molecular complexity index is 534. The lowest BCUT2D eigenvalue weighted by molar-refractivity contribution is -0.143. The van der Waals surface area contributed by atoms with Gasteiger partial charge in [0.2, 0.25) is 11.8 Å². The molecule has 0 atom stereocenters. The van der Waals surface area contributed by atoms with Crippen LogP contribution in [0.15, 0.2) is 0 Å². The number of amides is 2. The van der Waals surface area contributed by atoms with Gasteiger partial charge in [-0.2, -0.15) is 0 Å². The number of carbonyl (C=O) groups is 3. The summed E-state index contributed by atoms with van der Waals surface area (Å²) in [4.78, 5) is 41.7. The highest BCUT2D eigenvalue weighted by molar-refractivity contribution is 5.82. The lowest BCUT2D eigenvalue weighted by Crippen LogP contribution is -2.55. The van der Waals surface area contributed by atoms with Gasteiger partial charge in [-0.25, -0.2) is 0 Å². The predicted molar refractivity (Wildman–Crippen MR) is 100 cm³/mol. The number of hydrogen-bond acceptors (Lipinski definition) is 5. The second-order valence-corrected chi connectivity index (χ2v) is 7.89. The fraction of sp³-hybridized carbons (Fsp3) is 0.842. The van der Waals surface area contributed by atoms with Gasteiger partial charge in [0, 0.05) is 57.6 Å². The van der Waals surface area contributed by atoms with Gasteiger partial charge in [0.25, 0.3) is 0 Å². The van der Waals surface area contributed by atoms with E-state index in [0.717, 1.165) is 39.3 Å². The minimum Gasteiger partial charge on any atom is -0.481 e. The third kappa shape index (κ3) is 5.42. The number of carboxylic acid groups (broad SMARTS) is 1. The zero-order valence-electron chi connectivity index (χ0n) is 16.1. The van der Waals surface area contributed by atoms with Crippen LogP contribution in [0.1, 0.15) is 38.5 Å². The summed E-state index contributed by atoms with van der Waals surface area (Å²) in [6.45, 7) is 6.84. The second kappa shape index (κ2) is 9.50. The standard InChI is InChI=1S/C19H32N4O4/c24-17(1-2-18(25)26)22-9-5-15(6-10-22)19(27)23-13-11-21(12-14-23)16-3-7-20-8-4-16/h15-16,20H,1-14H2,(H,25,26). The maximum Gasteiger partial charge on any atom is 0.303 e. The lowest BCUT2D eigenvalue weighted by Gasteiger charge is -2.42. The van der Waals surface area contributed by atoms with Gasteiger partial charge >= 0.3 is 5.97 Å². The van der Waals surface area contributed by atoms with Crippen molar-refractivity contribution in [1.82, 2.24) is 20.0 Å². The monoisotopic (exact) mass is 380 g/mol. The first-order valence-electron chi connectivity index (χ1n) is 10.3. The molecule has 0 radical (unpaired) electrons. The largest absolute Gasteiger partial charge is 0.481 e. The number of piperazine rings is 1. The van der Waals surface area contributed by atoms with Gasteiger partial charge in [-0.3, -0.25) is 19.3 Å². The van der Waals surface area contributed by atoms with E-state index in [0.29, 0.717) is 32.0 Å². The van der Waals surface area contributed by atoms with Crippen LogP contribution in [0.5, 0.6) is 0 Å². The fourth-order valence-corrected chi connectivity index (χ4v) is 4.49. The number of carboxylic acids is 1. The number of nitrogens with zero attached hydrogens (tertiary/aromatic N) is 3. The van der Waals surface area contributed by atoms with Crippen LogP contribution in [0.4, 0.5) is 0 Å². The number of hydrogen-bond donors (Lipinski definition) is 2. The molecule has 0 unspecified atom stereocenters. The van der Waals surface area contributed by atoms with Crippen molar-refractivity contribution in [2.45, 2.75) is 44.6 Å². The van der Waals surface area contributed by atoms with Crippen molar-refractivity contribution in [3.05, 3.63) is 0 Å². The fourth-order valence-electron chi connectivity index (χ4n) is 4.49. The van der Waals surface area contributed by atoms with Gasteiger partial charge < -0.3 is 20.2 Å². The molecule has 8 nitrogen and oxygen atoms in total. The van der Waals surface area contributed by atoms with Gasteiger partial charge in [0.15, 0.2) is 0 Å². The van der Waals surface area contributed by atoms with Crippen LogP contribution in [0, 0.1) is 5.92 Å². The smallest absolute Gasteiger partial charge is 0.303 e. The summed E-state index contributed by atoms with van der Waals surface area (Å²) < 4.78 is 0. The van der Waals surface area contributed by atoms with E-state index in [9.17, 15) is 14.4 Å². The van der Waals surface area contributed by atoms with E-state index < -0.39 is 5.97 Å². The first kappa shape index (κ1) is 20.1. The molecule has 0 spiro atoms. The third-order valence-corrected chi connectivity index (χ3v) is 6.20. The Labute approximate surface area is 160 Å². The Morgan fingerprint density at radius 2 is 1.44 bits per heavy atom. The molecule has 3 rings (SSSR count). The van der Waals surface area contributed by atoms with E-state index in [1.165, 1.54) is 12.8 Å². The van der Waals surface area contributed by atoms with Crippen molar-refractivity contribution < 1.29 is 19.5 Å². The van der Waals surface area contributed by atoms with Crippen LogP contribution in [0.3, 0.4) is 0 Å². The molecule has 0 aromatic heterocycles. The molecule has 27 heavy (non-hydrogen) atoms. The summed E-state index contributed by atoms with van der Waals surface area (Å²) in [5.41, 5.74) is 0. The molecule has 3 aliphatic rings. The van der Waals surface area contributed by atoms with Crippen LogP contribution in [0.25, 0.3) is 0 Å². The summed E-state index contributed by atoms with van der Waals surface area (Å²) in [6, 6.07) is 0.656. The van der Waals surface area contributed by atoms with Gasteiger partial charge in [-0.15, -0.1) is 0 Å². The average molecular weight is 380 g/mol. The topological polar surface area (TPSA) is 93.2 Å². The first-order chi connectivity index (χ1) is 13.0. The molecule has 0 bridgehead atoms. The van der Waals surface area contributed by atoms with Crippen molar-refractivity contribution in [2.24, 2.45) is 5.92 Å². The molecule has 2 N–H and O–H groups in total. The molecular weight excluding hydrogens is 348 g/mol. The predicted octanol–water partition coefficient (Wildman–Crippen LogP) is -0.0140. The third-order valence-electron chi connectivity index (χ3n) is 6.20. The van der Waals surface area contributed by atoms with Crippen LogP contribution >= 0.6 is 0 Å². The molecule has 2 amide bonds. The highest BCUT2D eigenvalue weighted by atomic mass is 16.4. The maximum absolute atomic E-state index is 12.8. The summed E-state index contributed by atoms with van der Waals surface area (Å²) >= 11 is 0. The van der Waals surface area contributed by atoms with Crippen LogP contribution < -0.4 is 5.32 Å². The molecule has 3 fully saturated rings. The summed E-state index contributed by atoms with van der Waals surface area (Å²) in [5, 5.41) is 12.1.